The number of fused-ring (bicyclic) bond motifs is 10. The summed E-state index contributed by atoms with van der Waals surface area (Å²) in [4.78, 5) is 7.25. The summed E-state index contributed by atoms with van der Waals surface area (Å²) in [5.74, 6) is 0.641. The molecule has 0 aliphatic heterocycles. The van der Waals surface area contributed by atoms with Crippen molar-refractivity contribution in [3.05, 3.63) is 146 Å². The van der Waals surface area contributed by atoms with E-state index in [1.165, 1.54) is 35.0 Å². The van der Waals surface area contributed by atoms with E-state index >= 15 is 0 Å². The molecule has 6 heteroatoms. The van der Waals surface area contributed by atoms with E-state index in [0.29, 0.717) is 5.89 Å². The molecule has 11 rings (SSSR count). The molecule has 230 valence electrons. The maximum Gasteiger partial charge on any atom is 0.227 e. The van der Waals surface area contributed by atoms with Gasteiger partial charge in [0.25, 0.3) is 0 Å². The third-order valence-electron chi connectivity index (χ3n) is 9.49. The fraction of sp³-hybridized carbons (Fsp3) is 0. The van der Waals surface area contributed by atoms with E-state index < -0.39 is 0 Å². The zero-order valence-corrected chi connectivity index (χ0v) is 27.5. The van der Waals surface area contributed by atoms with E-state index in [2.05, 4.69) is 108 Å². The fourth-order valence-electron chi connectivity index (χ4n) is 7.22. The lowest BCUT2D eigenvalue weighted by atomic mass is 10.1. The lowest BCUT2D eigenvalue weighted by Gasteiger charge is -2.26. The Morgan fingerprint density at radius 3 is 2.08 bits per heavy atom. The number of furan rings is 1. The second-order valence-corrected chi connectivity index (χ2v) is 14.5. The minimum absolute atomic E-state index is 0.641. The number of thiophene rings is 2. The summed E-state index contributed by atoms with van der Waals surface area (Å²) in [5, 5.41) is 7.17. The van der Waals surface area contributed by atoms with Gasteiger partial charge >= 0.3 is 0 Å². The number of nitrogens with zero attached hydrogens (tertiary/aromatic N) is 2. The third-order valence-corrected chi connectivity index (χ3v) is 11.8. The summed E-state index contributed by atoms with van der Waals surface area (Å²) in [5.41, 5.74) is 7.65. The topological polar surface area (TPSA) is 42.4 Å². The molecule has 0 bridgehead atoms. The van der Waals surface area contributed by atoms with Crippen LogP contribution in [0.1, 0.15) is 0 Å². The lowest BCUT2D eigenvalue weighted by molar-refractivity contribution is 0.620. The first-order chi connectivity index (χ1) is 24.2. The summed E-state index contributed by atoms with van der Waals surface area (Å²) in [6, 6.07) is 51.3. The number of benzene rings is 7. The molecule has 0 aliphatic rings. The predicted octanol–water partition coefficient (Wildman–Crippen LogP) is 13.6. The van der Waals surface area contributed by atoms with Gasteiger partial charge in [0.15, 0.2) is 5.58 Å². The van der Waals surface area contributed by atoms with Crippen molar-refractivity contribution >= 4 is 113 Å². The van der Waals surface area contributed by atoms with Crippen LogP contribution >= 0.6 is 22.7 Å². The maximum absolute atomic E-state index is 6.40. The van der Waals surface area contributed by atoms with Gasteiger partial charge in [0.2, 0.25) is 5.89 Å². The minimum atomic E-state index is 0.641. The zero-order chi connectivity index (χ0) is 32.1. The van der Waals surface area contributed by atoms with E-state index in [9.17, 15) is 0 Å². The van der Waals surface area contributed by atoms with E-state index in [4.69, 9.17) is 13.8 Å². The summed E-state index contributed by atoms with van der Waals surface area (Å²) in [6.45, 7) is 0. The zero-order valence-electron chi connectivity index (χ0n) is 25.9. The molecule has 0 N–H and O–H groups in total. The Morgan fingerprint density at radius 1 is 0.449 bits per heavy atom. The Bertz CT molecular complexity index is 2960. The quantitative estimate of drug-likeness (QED) is 0.188. The molecule has 0 aliphatic carbocycles. The van der Waals surface area contributed by atoms with E-state index in [-0.39, 0.29) is 0 Å². The van der Waals surface area contributed by atoms with Crippen molar-refractivity contribution in [2.24, 2.45) is 0 Å². The van der Waals surface area contributed by atoms with Gasteiger partial charge in [-0.2, -0.15) is 0 Å². The van der Waals surface area contributed by atoms with Gasteiger partial charge in [0.1, 0.15) is 16.7 Å². The van der Waals surface area contributed by atoms with Crippen LogP contribution in [0.25, 0.3) is 84.8 Å². The van der Waals surface area contributed by atoms with Crippen molar-refractivity contribution in [3.8, 4) is 11.5 Å². The SMILES string of the molecule is c1ccc(-c2nc3cc4sc5c(N(c6ccc7c(c6)oc6ccccc67)c6ccc7c(c6)sc6ccccc67)cccc5c4cc3o2)cc1. The third kappa shape index (κ3) is 4.11. The van der Waals surface area contributed by atoms with Crippen LogP contribution in [0, 0.1) is 0 Å². The monoisotopic (exact) mass is 664 g/mol. The number of aromatic nitrogens is 1. The van der Waals surface area contributed by atoms with Gasteiger partial charge in [-0.05, 0) is 66.7 Å². The molecule has 0 saturated carbocycles. The lowest BCUT2D eigenvalue weighted by Crippen LogP contribution is -2.09. The molecule has 49 heavy (non-hydrogen) atoms. The highest BCUT2D eigenvalue weighted by Gasteiger charge is 2.21. The average Bonchev–Trinajstić information content (AvgIpc) is 3.92. The second-order valence-electron chi connectivity index (χ2n) is 12.3. The van der Waals surface area contributed by atoms with Crippen molar-refractivity contribution in [2.75, 3.05) is 4.90 Å². The van der Waals surface area contributed by atoms with Crippen LogP contribution in [0.5, 0.6) is 0 Å². The molecule has 7 aromatic carbocycles. The highest BCUT2D eigenvalue weighted by molar-refractivity contribution is 7.26. The summed E-state index contributed by atoms with van der Waals surface area (Å²) >= 11 is 3.63. The van der Waals surface area contributed by atoms with Crippen LogP contribution < -0.4 is 4.90 Å². The molecule has 4 heterocycles. The summed E-state index contributed by atoms with van der Waals surface area (Å²) in [6.07, 6.45) is 0. The number of hydrogen-bond acceptors (Lipinski definition) is 6. The number of para-hydroxylation sites is 1. The van der Waals surface area contributed by atoms with Crippen molar-refractivity contribution in [3.63, 3.8) is 0 Å². The van der Waals surface area contributed by atoms with Gasteiger partial charge in [-0.1, -0.05) is 72.8 Å². The van der Waals surface area contributed by atoms with E-state index in [0.717, 1.165) is 61.1 Å². The molecule has 0 amide bonds. The van der Waals surface area contributed by atoms with Gasteiger partial charge in [0, 0.05) is 69.4 Å². The molecule has 11 aromatic rings. The van der Waals surface area contributed by atoms with Crippen molar-refractivity contribution in [2.45, 2.75) is 0 Å². The average molecular weight is 665 g/mol. The van der Waals surface area contributed by atoms with Gasteiger partial charge in [0.05, 0.1) is 10.4 Å². The van der Waals surface area contributed by atoms with Crippen LogP contribution in [-0.4, -0.2) is 4.98 Å². The number of rotatable bonds is 4. The van der Waals surface area contributed by atoms with Gasteiger partial charge in [-0.15, -0.1) is 22.7 Å². The molecule has 0 fully saturated rings. The Morgan fingerprint density at radius 2 is 1.16 bits per heavy atom. The molecule has 0 saturated heterocycles. The Kier molecular flexibility index (Phi) is 5.67. The number of hydrogen-bond donors (Lipinski definition) is 0. The normalized spacial score (nSPS) is 12.1. The van der Waals surface area contributed by atoms with Crippen LogP contribution in [0.15, 0.2) is 154 Å². The van der Waals surface area contributed by atoms with Crippen LogP contribution in [0.4, 0.5) is 17.1 Å². The molecule has 0 spiro atoms. The first-order valence-corrected chi connectivity index (χ1v) is 17.8. The number of oxazole rings is 1. The molecule has 0 unspecified atom stereocenters. The number of anilines is 3. The molecule has 4 aromatic heterocycles. The smallest absolute Gasteiger partial charge is 0.227 e. The largest absolute Gasteiger partial charge is 0.456 e. The molecule has 0 atom stereocenters. The standard InChI is InChI=1S/C43H24N2O2S2/c1-2-9-25(10-3-1)43-44-34-24-41-33(23-38(34)47-43)32-13-8-14-35(42(32)49-41)45(26-17-19-29-28-11-4-6-15-36(28)46-37(29)21-26)27-18-20-31-30-12-5-7-16-39(30)48-40(31)22-27/h1-24H. The highest BCUT2D eigenvalue weighted by Crippen LogP contribution is 2.48. The van der Waals surface area contributed by atoms with Crippen LogP contribution in [-0.2, 0) is 0 Å². The first-order valence-electron chi connectivity index (χ1n) is 16.2. The van der Waals surface area contributed by atoms with Crippen LogP contribution in [0.2, 0.25) is 0 Å². The van der Waals surface area contributed by atoms with E-state index in [1.54, 1.807) is 11.3 Å². The van der Waals surface area contributed by atoms with Crippen LogP contribution in [0.3, 0.4) is 0 Å². The van der Waals surface area contributed by atoms with Gasteiger partial charge in [-0.3, -0.25) is 0 Å². The molecular formula is C43H24N2O2S2. The molecule has 0 radical (unpaired) electrons. The van der Waals surface area contributed by atoms with Gasteiger partial charge < -0.3 is 13.7 Å². The van der Waals surface area contributed by atoms with Gasteiger partial charge in [-0.25, -0.2) is 4.98 Å². The van der Waals surface area contributed by atoms with E-state index in [1.807, 2.05) is 53.8 Å². The maximum atomic E-state index is 6.40. The minimum Gasteiger partial charge on any atom is -0.456 e. The Labute approximate surface area is 287 Å². The Hall–Kier alpha value is -5.95. The van der Waals surface area contributed by atoms with Crippen molar-refractivity contribution < 1.29 is 8.83 Å². The summed E-state index contributed by atoms with van der Waals surface area (Å²) < 4.78 is 17.6. The predicted molar refractivity (Wildman–Crippen MR) is 207 cm³/mol. The summed E-state index contributed by atoms with van der Waals surface area (Å²) in [7, 11) is 0. The fourth-order valence-corrected chi connectivity index (χ4v) is 9.58. The Balaban J connectivity index is 1.14. The first kappa shape index (κ1) is 27.0. The highest BCUT2D eigenvalue weighted by atomic mass is 32.1. The molecular weight excluding hydrogens is 641 g/mol. The van der Waals surface area contributed by atoms with Crippen molar-refractivity contribution in [1.29, 1.82) is 0 Å². The second kappa shape index (κ2) is 10.3. The molecule has 4 nitrogen and oxygen atoms in total. The van der Waals surface area contributed by atoms with Crippen molar-refractivity contribution in [1.82, 2.24) is 4.98 Å².